The van der Waals surface area contributed by atoms with Crippen molar-refractivity contribution in [2.75, 3.05) is 25.5 Å². The van der Waals surface area contributed by atoms with Gasteiger partial charge >= 0.3 is 6.18 Å². The lowest BCUT2D eigenvalue weighted by Crippen LogP contribution is -2.24. The van der Waals surface area contributed by atoms with Crippen LogP contribution in [0.5, 0.6) is 0 Å². The molecular formula is C19H24F3N5O3S. The van der Waals surface area contributed by atoms with Gasteiger partial charge in [0.2, 0.25) is 5.91 Å². The molecule has 12 heteroatoms. The highest BCUT2D eigenvalue weighted by atomic mass is 32.1. The Morgan fingerprint density at radius 3 is 2.71 bits per heavy atom. The molecule has 1 aliphatic carbocycles. The molecule has 4 N–H and O–H groups in total. The Morgan fingerprint density at radius 1 is 1.29 bits per heavy atom. The van der Waals surface area contributed by atoms with Gasteiger partial charge in [-0.1, -0.05) is 0 Å². The van der Waals surface area contributed by atoms with Crippen LogP contribution in [0.15, 0.2) is 6.20 Å². The predicted octanol–water partition coefficient (Wildman–Crippen LogP) is 1.92. The second kappa shape index (κ2) is 9.79. The normalized spacial score (nSPS) is 13.7. The lowest BCUT2D eigenvalue weighted by atomic mass is 9.95. The summed E-state index contributed by atoms with van der Waals surface area (Å²) in [5.41, 5.74) is 0.164. The van der Waals surface area contributed by atoms with Gasteiger partial charge in [-0.3, -0.25) is 14.3 Å². The number of carbonyl (C=O) groups excluding carboxylic acids is 2. The molecule has 0 atom stereocenters. The Kier molecular flexibility index (Phi) is 7.34. The monoisotopic (exact) mass is 459 g/mol. The van der Waals surface area contributed by atoms with Gasteiger partial charge in [-0.25, -0.2) is 0 Å². The zero-order valence-electron chi connectivity index (χ0n) is 16.9. The van der Waals surface area contributed by atoms with E-state index in [1.54, 1.807) is 0 Å². The molecule has 31 heavy (non-hydrogen) atoms. The van der Waals surface area contributed by atoms with Gasteiger partial charge in [0.25, 0.3) is 5.91 Å². The zero-order chi connectivity index (χ0) is 22.6. The molecule has 0 aromatic carbocycles. The fourth-order valence-electron chi connectivity index (χ4n) is 3.55. The van der Waals surface area contributed by atoms with Crippen molar-refractivity contribution in [2.24, 2.45) is 0 Å². The minimum atomic E-state index is -4.67. The largest absolute Gasteiger partial charge is 0.435 e. The summed E-state index contributed by atoms with van der Waals surface area (Å²) in [7, 11) is 1.51. The standard InChI is InChI=1S/C19H24F3N5O3S/c1-23-17(30)15-12-4-2-3-5-13(12)31-18(15)25-14(29)10-27-9-11(8-24-6-7-28)16(26-27)19(20,21)22/h9,24,28H,2-8,10H2,1H3,(H,23,30)(H,25,29). The Hall–Kier alpha value is -2.44. The summed E-state index contributed by atoms with van der Waals surface area (Å²) >= 11 is 1.33. The molecule has 2 amide bonds. The molecule has 0 fully saturated rings. The van der Waals surface area contributed by atoms with E-state index >= 15 is 0 Å². The van der Waals surface area contributed by atoms with E-state index in [4.69, 9.17) is 5.11 Å². The Balaban J connectivity index is 1.78. The number of alkyl halides is 3. The number of aryl methyl sites for hydroxylation is 1. The van der Waals surface area contributed by atoms with E-state index in [0.717, 1.165) is 47.0 Å². The first-order valence-electron chi connectivity index (χ1n) is 9.86. The van der Waals surface area contributed by atoms with Gasteiger partial charge in [-0.15, -0.1) is 11.3 Å². The van der Waals surface area contributed by atoms with Crippen molar-refractivity contribution >= 4 is 28.2 Å². The van der Waals surface area contributed by atoms with Crippen LogP contribution >= 0.6 is 11.3 Å². The summed E-state index contributed by atoms with van der Waals surface area (Å²) < 4.78 is 40.7. The minimum Gasteiger partial charge on any atom is -0.395 e. The number of hydrogen-bond donors (Lipinski definition) is 4. The van der Waals surface area contributed by atoms with Crippen molar-refractivity contribution in [1.29, 1.82) is 0 Å². The van der Waals surface area contributed by atoms with E-state index < -0.39 is 24.3 Å². The molecule has 170 valence electrons. The Bertz CT molecular complexity index is 954. The number of hydrogen-bond acceptors (Lipinski definition) is 6. The van der Waals surface area contributed by atoms with Crippen molar-refractivity contribution < 1.29 is 27.9 Å². The highest BCUT2D eigenvalue weighted by molar-refractivity contribution is 7.17. The molecule has 0 spiro atoms. The van der Waals surface area contributed by atoms with Crippen LogP contribution in [0.2, 0.25) is 0 Å². The lowest BCUT2D eigenvalue weighted by molar-refractivity contribution is -0.142. The number of aliphatic hydroxyl groups excluding tert-OH is 1. The molecule has 2 aromatic heterocycles. The summed E-state index contributed by atoms with van der Waals surface area (Å²) in [4.78, 5) is 26.0. The third-order valence-corrected chi connectivity index (χ3v) is 6.10. The number of halogens is 3. The van der Waals surface area contributed by atoms with Crippen LogP contribution in [0, 0.1) is 0 Å². The van der Waals surface area contributed by atoms with Crippen LogP contribution in [0.25, 0.3) is 0 Å². The second-order valence-corrected chi connectivity index (χ2v) is 8.25. The average molecular weight is 459 g/mol. The predicted molar refractivity (Wildman–Crippen MR) is 109 cm³/mol. The van der Waals surface area contributed by atoms with Crippen LogP contribution in [0.3, 0.4) is 0 Å². The molecular weight excluding hydrogens is 435 g/mol. The van der Waals surface area contributed by atoms with E-state index in [-0.39, 0.29) is 31.2 Å². The van der Waals surface area contributed by atoms with Gasteiger partial charge in [0.1, 0.15) is 11.5 Å². The van der Waals surface area contributed by atoms with Crippen LogP contribution in [0.4, 0.5) is 18.2 Å². The van der Waals surface area contributed by atoms with Crippen molar-refractivity contribution in [2.45, 2.75) is 44.9 Å². The molecule has 0 bridgehead atoms. The maximum atomic E-state index is 13.3. The molecule has 8 nitrogen and oxygen atoms in total. The van der Waals surface area contributed by atoms with Crippen molar-refractivity contribution in [3.05, 3.63) is 33.5 Å². The summed E-state index contributed by atoms with van der Waals surface area (Å²) in [6.07, 6.45) is 0.0420. The molecule has 0 aliphatic heterocycles. The molecule has 3 rings (SSSR count). The van der Waals surface area contributed by atoms with E-state index in [0.29, 0.717) is 10.6 Å². The number of amides is 2. The van der Waals surface area contributed by atoms with Crippen LogP contribution in [-0.2, 0) is 36.9 Å². The van der Waals surface area contributed by atoms with Crippen LogP contribution in [0.1, 0.15) is 44.9 Å². The molecule has 0 unspecified atom stereocenters. The van der Waals surface area contributed by atoms with Gasteiger partial charge < -0.3 is 21.1 Å². The van der Waals surface area contributed by atoms with E-state index in [9.17, 15) is 22.8 Å². The number of nitrogens with one attached hydrogen (secondary N) is 3. The quantitative estimate of drug-likeness (QED) is 0.451. The number of carbonyl (C=O) groups is 2. The fourth-order valence-corrected chi connectivity index (χ4v) is 4.85. The van der Waals surface area contributed by atoms with Crippen LogP contribution in [-0.4, -0.2) is 46.9 Å². The maximum absolute atomic E-state index is 13.3. The Labute approximate surface area is 180 Å². The van der Waals surface area contributed by atoms with Gasteiger partial charge in [-0.2, -0.15) is 18.3 Å². The number of aliphatic hydroxyl groups is 1. The Morgan fingerprint density at radius 2 is 2.03 bits per heavy atom. The smallest absolute Gasteiger partial charge is 0.395 e. The number of rotatable bonds is 8. The van der Waals surface area contributed by atoms with Gasteiger partial charge in [0.15, 0.2) is 5.69 Å². The SMILES string of the molecule is CNC(=O)c1c(NC(=O)Cn2cc(CNCCO)c(C(F)(F)F)n2)sc2c1CCCC2. The fraction of sp³-hybridized carbons (Fsp3) is 0.526. The molecule has 0 saturated carbocycles. The third kappa shape index (κ3) is 5.43. The van der Waals surface area contributed by atoms with E-state index in [1.165, 1.54) is 18.4 Å². The first-order chi connectivity index (χ1) is 14.7. The van der Waals surface area contributed by atoms with Gasteiger partial charge in [0, 0.05) is 36.8 Å². The number of anilines is 1. The molecule has 0 saturated heterocycles. The number of aromatic nitrogens is 2. The van der Waals surface area contributed by atoms with Gasteiger partial charge in [0.05, 0.1) is 12.2 Å². The minimum absolute atomic E-state index is 0.119. The maximum Gasteiger partial charge on any atom is 0.435 e. The number of fused-ring (bicyclic) bond motifs is 1. The first kappa shape index (κ1) is 23.2. The molecule has 2 aromatic rings. The average Bonchev–Trinajstić information content (AvgIpc) is 3.28. The summed E-state index contributed by atoms with van der Waals surface area (Å²) in [5.74, 6) is -0.875. The summed E-state index contributed by atoms with van der Waals surface area (Å²) in [6.45, 7) is -0.654. The molecule has 0 radical (unpaired) electrons. The molecule has 1 aliphatic rings. The highest BCUT2D eigenvalue weighted by Gasteiger charge is 2.37. The first-order valence-corrected chi connectivity index (χ1v) is 10.7. The second-order valence-electron chi connectivity index (χ2n) is 7.14. The number of nitrogens with zero attached hydrogens (tertiary/aromatic N) is 2. The third-order valence-electron chi connectivity index (χ3n) is 4.89. The van der Waals surface area contributed by atoms with Crippen molar-refractivity contribution in [3.8, 4) is 0 Å². The summed E-state index contributed by atoms with van der Waals surface area (Å²) in [6, 6.07) is 0. The number of thiophene rings is 1. The van der Waals surface area contributed by atoms with Crippen molar-refractivity contribution in [3.63, 3.8) is 0 Å². The van der Waals surface area contributed by atoms with Gasteiger partial charge in [-0.05, 0) is 31.2 Å². The van der Waals surface area contributed by atoms with E-state index in [2.05, 4.69) is 21.0 Å². The zero-order valence-corrected chi connectivity index (χ0v) is 17.8. The summed E-state index contributed by atoms with van der Waals surface area (Å²) in [5, 5.41) is 20.7. The molecule has 2 heterocycles. The van der Waals surface area contributed by atoms with Crippen molar-refractivity contribution in [1.82, 2.24) is 20.4 Å². The lowest BCUT2D eigenvalue weighted by Gasteiger charge is -2.12. The highest BCUT2D eigenvalue weighted by Crippen LogP contribution is 2.38. The topological polar surface area (TPSA) is 108 Å². The van der Waals surface area contributed by atoms with E-state index in [1.807, 2.05) is 0 Å². The van der Waals surface area contributed by atoms with Crippen LogP contribution < -0.4 is 16.0 Å².